The Labute approximate surface area is 185 Å². The fourth-order valence-corrected chi connectivity index (χ4v) is 5.22. The van der Waals surface area contributed by atoms with Crippen LogP contribution in [-0.4, -0.2) is 46.3 Å². The summed E-state index contributed by atoms with van der Waals surface area (Å²) >= 11 is 0. The molecule has 1 aliphatic carbocycles. The lowest BCUT2D eigenvalue weighted by Crippen LogP contribution is -2.33. The van der Waals surface area contributed by atoms with Crippen molar-refractivity contribution in [3.63, 3.8) is 0 Å². The number of sulfonamides is 1. The molecular formula is C21H26F2N6O2S. The van der Waals surface area contributed by atoms with Crippen LogP contribution < -0.4 is 10.0 Å². The third-order valence-electron chi connectivity index (χ3n) is 5.61. The zero-order chi connectivity index (χ0) is 23.2. The summed E-state index contributed by atoms with van der Waals surface area (Å²) in [4.78, 5) is 12.6. The Balaban J connectivity index is 1.64. The number of aryl methyl sites for hydroxylation is 1. The molecule has 1 fully saturated rings. The van der Waals surface area contributed by atoms with E-state index in [1.54, 1.807) is 13.0 Å². The molecular weight excluding hydrogens is 438 g/mol. The van der Waals surface area contributed by atoms with Crippen molar-refractivity contribution in [3.05, 3.63) is 35.8 Å². The summed E-state index contributed by atoms with van der Waals surface area (Å²) in [5.74, 6) is -0.321. The molecule has 0 saturated heterocycles. The smallest absolute Gasteiger partial charge is 0.223 e. The summed E-state index contributed by atoms with van der Waals surface area (Å²) in [6.07, 6.45) is 4.15. The Hall–Kier alpha value is -2.66. The van der Waals surface area contributed by atoms with Gasteiger partial charge in [-0.2, -0.15) is 0 Å². The third-order valence-corrected chi connectivity index (χ3v) is 6.37. The van der Waals surface area contributed by atoms with Gasteiger partial charge in [0.25, 0.3) is 0 Å². The maximum Gasteiger partial charge on any atom is 0.223 e. The lowest BCUT2D eigenvalue weighted by molar-refractivity contribution is 0.555. The Bertz CT molecular complexity index is 1280. The van der Waals surface area contributed by atoms with E-state index in [1.165, 1.54) is 6.07 Å². The summed E-state index contributed by atoms with van der Waals surface area (Å²) in [7, 11) is -3.28. The monoisotopic (exact) mass is 464 g/mol. The Kier molecular flexibility index (Phi) is 5.89. The molecule has 2 atom stereocenters. The van der Waals surface area contributed by atoms with E-state index >= 15 is 0 Å². The molecule has 0 amide bonds. The van der Waals surface area contributed by atoms with Crippen LogP contribution in [0.4, 0.5) is 14.7 Å². The molecule has 4 rings (SSSR count). The first kappa shape index (κ1) is 22.5. The highest BCUT2D eigenvalue weighted by atomic mass is 32.2. The molecule has 2 aromatic heterocycles. The predicted octanol–water partition coefficient (Wildman–Crippen LogP) is 3.54. The normalized spacial score (nSPS) is 19.2. The van der Waals surface area contributed by atoms with Gasteiger partial charge in [-0.3, -0.25) is 0 Å². The topological polar surface area (TPSA) is 102 Å². The molecule has 1 aliphatic rings. The summed E-state index contributed by atoms with van der Waals surface area (Å²) in [6.45, 7) is 5.75. The average Bonchev–Trinajstić information content (AvgIpc) is 3.25. The van der Waals surface area contributed by atoms with Gasteiger partial charge >= 0.3 is 0 Å². The molecule has 0 bridgehead atoms. The van der Waals surface area contributed by atoms with Crippen molar-refractivity contribution in [1.82, 2.24) is 24.2 Å². The zero-order valence-corrected chi connectivity index (χ0v) is 19.2. The first-order valence-corrected chi connectivity index (χ1v) is 12.4. The summed E-state index contributed by atoms with van der Waals surface area (Å²) in [5.41, 5.74) is 1.10. The van der Waals surface area contributed by atoms with Gasteiger partial charge in [0.2, 0.25) is 16.0 Å². The third kappa shape index (κ3) is 4.58. The van der Waals surface area contributed by atoms with E-state index in [1.807, 2.05) is 18.4 Å². The van der Waals surface area contributed by atoms with Crippen LogP contribution in [-0.2, 0) is 10.0 Å². The minimum atomic E-state index is -3.28. The Morgan fingerprint density at radius 1 is 1.12 bits per heavy atom. The van der Waals surface area contributed by atoms with E-state index in [-0.39, 0.29) is 35.3 Å². The van der Waals surface area contributed by atoms with E-state index in [9.17, 15) is 17.2 Å². The van der Waals surface area contributed by atoms with Gasteiger partial charge in [-0.15, -0.1) is 0 Å². The van der Waals surface area contributed by atoms with E-state index in [2.05, 4.69) is 25.0 Å². The van der Waals surface area contributed by atoms with Gasteiger partial charge in [-0.1, -0.05) is 0 Å². The Morgan fingerprint density at radius 3 is 2.53 bits per heavy atom. The Morgan fingerprint density at radius 2 is 1.84 bits per heavy atom. The van der Waals surface area contributed by atoms with Crippen LogP contribution in [0.15, 0.2) is 18.3 Å². The van der Waals surface area contributed by atoms with Crippen molar-refractivity contribution >= 4 is 27.0 Å². The van der Waals surface area contributed by atoms with Crippen molar-refractivity contribution in [2.45, 2.75) is 58.2 Å². The number of nitrogens with one attached hydrogen (secondary N) is 2. The number of halogens is 2. The number of hydrogen-bond donors (Lipinski definition) is 2. The number of hydrogen-bond acceptors (Lipinski definition) is 6. The van der Waals surface area contributed by atoms with Gasteiger partial charge in [-0.25, -0.2) is 36.9 Å². The summed E-state index contributed by atoms with van der Waals surface area (Å²) < 4.78 is 56.8. The molecule has 1 aromatic carbocycles. The number of benzene rings is 1. The van der Waals surface area contributed by atoms with E-state index in [0.717, 1.165) is 18.9 Å². The minimum Gasteiger partial charge on any atom is -0.351 e. The molecule has 172 valence electrons. The maximum absolute atomic E-state index is 14.8. The molecule has 11 heteroatoms. The van der Waals surface area contributed by atoms with E-state index < -0.39 is 21.7 Å². The average molecular weight is 465 g/mol. The SMILES string of the molecule is Cc1nc2c(F)cc(-c3nc(NC4CCC(NS(C)(=O)=O)C4)ncc3F)cc2n1C(C)C. The highest BCUT2D eigenvalue weighted by molar-refractivity contribution is 7.88. The molecule has 0 radical (unpaired) electrons. The van der Waals surface area contributed by atoms with E-state index in [4.69, 9.17) is 0 Å². The number of anilines is 1. The van der Waals surface area contributed by atoms with Gasteiger partial charge < -0.3 is 9.88 Å². The second-order valence-corrected chi connectivity index (χ2v) is 10.4. The van der Waals surface area contributed by atoms with Crippen molar-refractivity contribution in [3.8, 4) is 11.3 Å². The second kappa shape index (κ2) is 8.36. The minimum absolute atomic E-state index is 0.0127. The van der Waals surface area contributed by atoms with Crippen LogP contribution in [0.3, 0.4) is 0 Å². The first-order valence-electron chi connectivity index (χ1n) is 10.5. The number of aromatic nitrogens is 4. The van der Waals surface area contributed by atoms with Crippen molar-refractivity contribution in [2.24, 2.45) is 0 Å². The van der Waals surface area contributed by atoms with Crippen LogP contribution in [0, 0.1) is 18.6 Å². The number of imidazole rings is 1. The van der Waals surface area contributed by atoms with E-state index in [0.29, 0.717) is 29.7 Å². The number of rotatable bonds is 6. The van der Waals surface area contributed by atoms with Crippen LogP contribution in [0.1, 0.15) is 45.0 Å². The van der Waals surface area contributed by atoms with Crippen LogP contribution in [0.25, 0.3) is 22.3 Å². The van der Waals surface area contributed by atoms with Gasteiger partial charge in [0.15, 0.2) is 11.6 Å². The molecule has 2 heterocycles. The summed E-state index contributed by atoms with van der Waals surface area (Å²) in [5, 5.41) is 3.14. The second-order valence-electron chi connectivity index (χ2n) is 8.58. The van der Waals surface area contributed by atoms with Gasteiger partial charge in [0.1, 0.15) is 17.0 Å². The predicted molar refractivity (Wildman–Crippen MR) is 119 cm³/mol. The van der Waals surface area contributed by atoms with Crippen molar-refractivity contribution in [2.75, 3.05) is 11.6 Å². The molecule has 1 saturated carbocycles. The lowest BCUT2D eigenvalue weighted by Gasteiger charge is -2.15. The van der Waals surface area contributed by atoms with Crippen molar-refractivity contribution < 1.29 is 17.2 Å². The quantitative estimate of drug-likeness (QED) is 0.579. The number of nitrogens with zero attached hydrogens (tertiary/aromatic N) is 4. The molecule has 2 unspecified atom stereocenters. The molecule has 0 aliphatic heterocycles. The zero-order valence-electron chi connectivity index (χ0n) is 18.4. The fourth-order valence-electron chi connectivity index (χ4n) is 4.40. The number of fused-ring (bicyclic) bond motifs is 1. The highest BCUT2D eigenvalue weighted by Gasteiger charge is 2.27. The molecule has 0 spiro atoms. The molecule has 2 N–H and O–H groups in total. The summed E-state index contributed by atoms with van der Waals surface area (Å²) in [6, 6.07) is 2.75. The standard InChI is InChI=1S/C21H26F2N6O2S/c1-11(2)29-12(3)25-20-16(22)7-13(8-18(20)29)19-17(23)10-24-21(27-19)26-14-5-6-15(9-14)28-32(4,30)31/h7-8,10-11,14-15,28H,5-6,9H2,1-4H3,(H,24,26,27). The van der Waals surface area contributed by atoms with Gasteiger partial charge in [0.05, 0.1) is 18.0 Å². The van der Waals surface area contributed by atoms with Gasteiger partial charge in [0, 0.05) is 23.7 Å². The lowest BCUT2D eigenvalue weighted by atomic mass is 10.1. The fraction of sp³-hybridized carbons (Fsp3) is 0.476. The van der Waals surface area contributed by atoms with Gasteiger partial charge in [-0.05, 0) is 52.2 Å². The largest absolute Gasteiger partial charge is 0.351 e. The van der Waals surface area contributed by atoms with Crippen LogP contribution in [0.5, 0.6) is 0 Å². The van der Waals surface area contributed by atoms with Crippen LogP contribution >= 0.6 is 0 Å². The van der Waals surface area contributed by atoms with Crippen molar-refractivity contribution in [1.29, 1.82) is 0 Å². The van der Waals surface area contributed by atoms with Crippen LogP contribution in [0.2, 0.25) is 0 Å². The molecule has 8 nitrogen and oxygen atoms in total. The first-order chi connectivity index (χ1) is 15.0. The maximum atomic E-state index is 14.8. The molecule has 3 aromatic rings. The highest BCUT2D eigenvalue weighted by Crippen LogP contribution is 2.30. The molecule has 32 heavy (non-hydrogen) atoms.